The molecule has 2 atom stereocenters. The van der Waals surface area contributed by atoms with Crippen molar-refractivity contribution >= 4 is 17.5 Å². The molecular weight excluding hydrogens is 256 g/mol. The quantitative estimate of drug-likeness (QED) is 0.801. The van der Waals surface area contributed by atoms with Gasteiger partial charge in [0.1, 0.15) is 5.92 Å². The molecule has 0 spiro atoms. The molecule has 5 heteroatoms. The monoisotopic (exact) mass is 276 g/mol. The molecule has 108 valence electrons. The van der Waals surface area contributed by atoms with Gasteiger partial charge in [-0.15, -0.1) is 0 Å². The van der Waals surface area contributed by atoms with Gasteiger partial charge in [0.2, 0.25) is 11.8 Å². The van der Waals surface area contributed by atoms with Gasteiger partial charge in [-0.3, -0.25) is 9.59 Å². The fourth-order valence-electron chi connectivity index (χ4n) is 2.28. The van der Waals surface area contributed by atoms with Crippen LogP contribution in [-0.2, 0) is 9.59 Å². The van der Waals surface area contributed by atoms with Gasteiger partial charge in [0.05, 0.1) is 6.10 Å². The Morgan fingerprint density at radius 1 is 1.45 bits per heavy atom. The fourth-order valence-corrected chi connectivity index (χ4v) is 2.28. The number of benzene rings is 1. The van der Waals surface area contributed by atoms with Crippen LogP contribution in [0.15, 0.2) is 24.3 Å². The van der Waals surface area contributed by atoms with Crippen LogP contribution in [0.1, 0.15) is 18.9 Å². The Balaban J connectivity index is 2.02. The number of aliphatic hydroxyl groups excluding tert-OH is 1. The topological polar surface area (TPSA) is 69.6 Å². The van der Waals surface area contributed by atoms with Gasteiger partial charge in [-0.25, -0.2) is 0 Å². The van der Waals surface area contributed by atoms with Gasteiger partial charge >= 0.3 is 0 Å². The second-order valence-corrected chi connectivity index (χ2v) is 5.26. The highest BCUT2D eigenvalue weighted by Gasteiger charge is 2.37. The lowest BCUT2D eigenvalue weighted by Crippen LogP contribution is -2.39. The lowest BCUT2D eigenvalue weighted by molar-refractivity contribution is -0.132. The highest BCUT2D eigenvalue weighted by atomic mass is 16.3. The summed E-state index contributed by atoms with van der Waals surface area (Å²) in [5.41, 5.74) is 1.96. The number of nitrogens with zero attached hydrogens (tertiary/aromatic N) is 1. The molecule has 0 radical (unpaired) electrons. The summed E-state index contributed by atoms with van der Waals surface area (Å²) in [6.07, 6.45) is -0.0955. The van der Waals surface area contributed by atoms with E-state index in [2.05, 4.69) is 5.32 Å². The molecule has 0 saturated carbocycles. The molecule has 1 aromatic carbocycles. The number of carbonyl (C=O) groups is 2. The van der Waals surface area contributed by atoms with E-state index in [9.17, 15) is 9.59 Å². The zero-order valence-corrected chi connectivity index (χ0v) is 11.8. The van der Waals surface area contributed by atoms with Gasteiger partial charge in [-0.05, 0) is 32.4 Å². The van der Waals surface area contributed by atoms with Crippen LogP contribution in [0.2, 0.25) is 0 Å². The minimum atomic E-state index is -0.643. The smallest absolute Gasteiger partial charge is 0.239 e. The Hall–Kier alpha value is -1.88. The average molecular weight is 276 g/mol. The molecule has 1 aliphatic heterocycles. The van der Waals surface area contributed by atoms with E-state index in [1.807, 2.05) is 31.2 Å². The summed E-state index contributed by atoms with van der Waals surface area (Å²) in [7, 11) is 0. The maximum Gasteiger partial charge on any atom is 0.239 e. The molecule has 0 aliphatic carbocycles. The molecule has 0 aromatic heterocycles. The number of hydrogen-bond acceptors (Lipinski definition) is 3. The summed E-state index contributed by atoms with van der Waals surface area (Å²) in [6.45, 7) is 4.30. The summed E-state index contributed by atoms with van der Waals surface area (Å²) in [4.78, 5) is 25.8. The number of aryl methyl sites for hydroxylation is 1. The largest absolute Gasteiger partial charge is 0.392 e. The van der Waals surface area contributed by atoms with Gasteiger partial charge in [0, 0.05) is 18.8 Å². The number of amides is 2. The van der Waals surface area contributed by atoms with Crippen molar-refractivity contribution in [2.75, 3.05) is 18.0 Å². The first-order valence-electron chi connectivity index (χ1n) is 6.83. The van der Waals surface area contributed by atoms with E-state index in [0.717, 1.165) is 11.3 Å². The van der Waals surface area contributed by atoms with Crippen LogP contribution in [0, 0.1) is 12.8 Å². The normalized spacial score (nSPS) is 20.1. The molecule has 20 heavy (non-hydrogen) atoms. The van der Waals surface area contributed by atoms with E-state index in [1.165, 1.54) is 0 Å². The summed E-state index contributed by atoms with van der Waals surface area (Å²) in [6, 6.07) is 7.68. The van der Waals surface area contributed by atoms with Crippen LogP contribution in [0.25, 0.3) is 0 Å². The van der Waals surface area contributed by atoms with Crippen molar-refractivity contribution < 1.29 is 14.7 Å². The average Bonchev–Trinajstić information content (AvgIpc) is 2.79. The molecule has 0 bridgehead atoms. The van der Waals surface area contributed by atoms with Crippen LogP contribution in [0.5, 0.6) is 0 Å². The Morgan fingerprint density at radius 2 is 2.10 bits per heavy atom. The number of aliphatic hydroxyl groups is 1. The molecule has 2 N–H and O–H groups in total. The first kappa shape index (κ1) is 14.5. The second-order valence-electron chi connectivity index (χ2n) is 5.26. The zero-order valence-electron chi connectivity index (χ0n) is 11.8. The van der Waals surface area contributed by atoms with Crippen molar-refractivity contribution in [3.05, 3.63) is 29.8 Å². The molecule has 1 aromatic rings. The van der Waals surface area contributed by atoms with E-state index in [1.54, 1.807) is 11.8 Å². The Morgan fingerprint density at radius 3 is 2.70 bits per heavy atom. The minimum absolute atomic E-state index is 0.169. The number of nitrogens with one attached hydrogen (secondary N) is 1. The van der Waals surface area contributed by atoms with Crippen molar-refractivity contribution in [1.82, 2.24) is 5.32 Å². The molecule has 1 fully saturated rings. The third-order valence-electron chi connectivity index (χ3n) is 3.44. The van der Waals surface area contributed by atoms with Crippen LogP contribution in [0.3, 0.4) is 0 Å². The number of carbonyl (C=O) groups excluding carboxylic acids is 2. The highest BCUT2D eigenvalue weighted by Crippen LogP contribution is 2.25. The third-order valence-corrected chi connectivity index (χ3v) is 3.44. The Bertz CT molecular complexity index is 496. The van der Waals surface area contributed by atoms with E-state index in [0.29, 0.717) is 13.0 Å². The van der Waals surface area contributed by atoms with Gasteiger partial charge in [0.15, 0.2) is 0 Å². The van der Waals surface area contributed by atoms with Gasteiger partial charge < -0.3 is 15.3 Å². The molecule has 2 amide bonds. The molecule has 1 heterocycles. The Labute approximate surface area is 118 Å². The number of rotatable bonds is 4. The molecule has 1 saturated heterocycles. The SMILES string of the molecule is Cc1ccc(N2CCC(C(=O)NCC(C)O)C2=O)cc1. The van der Waals surface area contributed by atoms with Crippen LogP contribution in [-0.4, -0.2) is 36.1 Å². The van der Waals surface area contributed by atoms with E-state index in [4.69, 9.17) is 5.11 Å². The van der Waals surface area contributed by atoms with Gasteiger partial charge in [0.25, 0.3) is 0 Å². The van der Waals surface area contributed by atoms with Gasteiger partial charge in [-0.2, -0.15) is 0 Å². The number of anilines is 1. The standard InChI is InChI=1S/C15H20N2O3/c1-10-3-5-12(6-4-10)17-8-7-13(15(17)20)14(19)16-9-11(2)18/h3-6,11,13,18H,7-9H2,1-2H3,(H,16,19). The molecule has 1 aliphatic rings. The molecular formula is C15H20N2O3. The first-order valence-corrected chi connectivity index (χ1v) is 6.83. The van der Waals surface area contributed by atoms with E-state index in [-0.39, 0.29) is 18.4 Å². The predicted molar refractivity (Wildman–Crippen MR) is 76.3 cm³/mol. The maximum absolute atomic E-state index is 12.3. The molecule has 2 rings (SSSR count). The van der Waals surface area contributed by atoms with Crippen LogP contribution >= 0.6 is 0 Å². The van der Waals surface area contributed by atoms with Crippen molar-refractivity contribution in [2.45, 2.75) is 26.4 Å². The minimum Gasteiger partial charge on any atom is -0.392 e. The first-order chi connectivity index (χ1) is 9.49. The maximum atomic E-state index is 12.3. The van der Waals surface area contributed by atoms with E-state index >= 15 is 0 Å². The van der Waals surface area contributed by atoms with Crippen molar-refractivity contribution in [2.24, 2.45) is 5.92 Å². The lowest BCUT2D eigenvalue weighted by atomic mass is 10.1. The summed E-state index contributed by atoms with van der Waals surface area (Å²) in [5, 5.41) is 11.8. The van der Waals surface area contributed by atoms with Crippen LogP contribution in [0.4, 0.5) is 5.69 Å². The van der Waals surface area contributed by atoms with Crippen molar-refractivity contribution in [3.63, 3.8) is 0 Å². The Kier molecular flexibility index (Phi) is 4.39. The summed E-state index contributed by atoms with van der Waals surface area (Å²) >= 11 is 0. The van der Waals surface area contributed by atoms with Gasteiger partial charge in [-0.1, -0.05) is 17.7 Å². The fraction of sp³-hybridized carbons (Fsp3) is 0.467. The predicted octanol–water partition coefficient (Wildman–Crippen LogP) is 0.845. The van der Waals surface area contributed by atoms with Crippen molar-refractivity contribution in [1.29, 1.82) is 0 Å². The molecule has 5 nitrogen and oxygen atoms in total. The highest BCUT2D eigenvalue weighted by molar-refractivity contribution is 6.09. The molecule has 2 unspecified atom stereocenters. The van der Waals surface area contributed by atoms with Crippen LogP contribution < -0.4 is 10.2 Å². The lowest BCUT2D eigenvalue weighted by Gasteiger charge is -2.17. The number of hydrogen-bond donors (Lipinski definition) is 2. The summed E-state index contributed by atoms with van der Waals surface area (Å²) < 4.78 is 0. The van der Waals surface area contributed by atoms with Crippen molar-refractivity contribution in [3.8, 4) is 0 Å². The second kappa shape index (κ2) is 6.05. The van der Waals surface area contributed by atoms with E-state index < -0.39 is 12.0 Å². The summed E-state index contributed by atoms with van der Waals surface area (Å²) in [5.74, 6) is -1.11. The third kappa shape index (κ3) is 3.17. The zero-order chi connectivity index (χ0) is 14.7.